The molecule has 0 amide bonds. The van der Waals surface area contributed by atoms with Crippen LogP contribution >= 0.6 is 15.9 Å². The summed E-state index contributed by atoms with van der Waals surface area (Å²) in [7, 11) is 1.66. The zero-order valence-electron chi connectivity index (χ0n) is 9.39. The maximum absolute atomic E-state index is 12.0. The summed E-state index contributed by atoms with van der Waals surface area (Å²) in [5.74, 6) is 0. The highest BCUT2D eigenvalue weighted by Crippen LogP contribution is 2.22. The molecule has 0 spiro atoms. The van der Waals surface area contributed by atoms with Crippen LogP contribution < -0.4 is 5.73 Å². The lowest BCUT2D eigenvalue weighted by atomic mass is 10.2. The van der Waals surface area contributed by atoms with Gasteiger partial charge in [-0.25, -0.2) is 0 Å². The number of benzene rings is 1. The van der Waals surface area contributed by atoms with Crippen LogP contribution in [0, 0.1) is 0 Å². The fourth-order valence-electron chi connectivity index (χ4n) is 1.38. The summed E-state index contributed by atoms with van der Waals surface area (Å²) >= 11 is 3.28. The number of hydrogen-bond acceptors (Lipinski definition) is 2. The van der Waals surface area contributed by atoms with Crippen molar-refractivity contribution in [3.63, 3.8) is 0 Å². The Hall–Kier alpha value is -0.750. The molecule has 17 heavy (non-hydrogen) atoms. The van der Waals surface area contributed by atoms with Gasteiger partial charge >= 0.3 is 6.18 Å². The smallest absolute Gasteiger partial charge is 0.390 e. The number of hydrogen-bond donors (Lipinski definition) is 1. The van der Waals surface area contributed by atoms with Gasteiger partial charge in [0.2, 0.25) is 0 Å². The van der Waals surface area contributed by atoms with Crippen molar-refractivity contribution in [3.8, 4) is 0 Å². The highest BCUT2D eigenvalue weighted by Gasteiger charge is 2.26. The molecule has 1 aromatic carbocycles. The summed E-state index contributed by atoms with van der Waals surface area (Å²) in [5.41, 5.74) is 7.17. The number of halogens is 4. The monoisotopic (exact) mass is 310 g/mol. The standard InChI is InChI=1S/C11H14BrF3N2/c1-17(5-4-11(13,14)15)7-8-2-3-10(16)9(12)6-8/h2-3,6H,4-5,7,16H2,1H3. The minimum absolute atomic E-state index is 0.00844. The fraction of sp³-hybridized carbons (Fsp3) is 0.455. The van der Waals surface area contributed by atoms with E-state index in [2.05, 4.69) is 15.9 Å². The second-order valence-corrected chi connectivity index (χ2v) is 4.81. The maximum Gasteiger partial charge on any atom is 0.390 e. The van der Waals surface area contributed by atoms with Gasteiger partial charge in [-0.1, -0.05) is 6.07 Å². The number of alkyl halides is 3. The summed E-state index contributed by atoms with van der Waals surface area (Å²) in [6.45, 7) is 0.459. The van der Waals surface area contributed by atoms with Crippen molar-refractivity contribution < 1.29 is 13.2 Å². The Morgan fingerprint density at radius 1 is 1.35 bits per heavy atom. The highest BCUT2D eigenvalue weighted by atomic mass is 79.9. The zero-order chi connectivity index (χ0) is 13.1. The molecule has 0 heterocycles. The molecule has 0 aliphatic heterocycles. The van der Waals surface area contributed by atoms with Crippen LogP contribution in [0.1, 0.15) is 12.0 Å². The zero-order valence-corrected chi connectivity index (χ0v) is 11.0. The molecule has 0 aromatic heterocycles. The van der Waals surface area contributed by atoms with Gasteiger partial charge in [-0.3, -0.25) is 0 Å². The van der Waals surface area contributed by atoms with E-state index >= 15 is 0 Å². The molecule has 6 heteroatoms. The minimum Gasteiger partial charge on any atom is -0.398 e. The van der Waals surface area contributed by atoms with Gasteiger partial charge in [0.25, 0.3) is 0 Å². The number of nitrogens with two attached hydrogens (primary N) is 1. The fourth-order valence-corrected chi connectivity index (χ4v) is 1.80. The third-order valence-corrected chi connectivity index (χ3v) is 2.98. The largest absolute Gasteiger partial charge is 0.398 e. The molecular weight excluding hydrogens is 297 g/mol. The molecule has 0 radical (unpaired) electrons. The van der Waals surface area contributed by atoms with Gasteiger partial charge in [0.05, 0.1) is 6.42 Å². The van der Waals surface area contributed by atoms with E-state index in [9.17, 15) is 13.2 Å². The van der Waals surface area contributed by atoms with Gasteiger partial charge in [0, 0.05) is 23.2 Å². The summed E-state index contributed by atoms with van der Waals surface area (Å²) < 4.78 is 36.8. The molecule has 0 fully saturated rings. The molecule has 0 atom stereocenters. The lowest BCUT2D eigenvalue weighted by Crippen LogP contribution is -2.24. The van der Waals surface area contributed by atoms with Gasteiger partial charge in [-0.2, -0.15) is 13.2 Å². The van der Waals surface area contributed by atoms with Crippen molar-refractivity contribution >= 4 is 21.6 Å². The normalized spacial score (nSPS) is 12.1. The maximum atomic E-state index is 12.0. The number of rotatable bonds is 4. The van der Waals surface area contributed by atoms with E-state index in [1.807, 2.05) is 12.1 Å². The van der Waals surface area contributed by atoms with E-state index in [1.54, 1.807) is 18.0 Å². The Morgan fingerprint density at radius 2 is 2.00 bits per heavy atom. The number of anilines is 1. The number of nitrogen functional groups attached to an aromatic ring is 1. The van der Waals surface area contributed by atoms with Gasteiger partial charge in [-0.05, 0) is 40.7 Å². The molecule has 1 rings (SSSR count). The van der Waals surface area contributed by atoms with Crippen molar-refractivity contribution in [1.29, 1.82) is 0 Å². The highest BCUT2D eigenvalue weighted by molar-refractivity contribution is 9.10. The van der Waals surface area contributed by atoms with Crippen LogP contribution in [-0.4, -0.2) is 24.7 Å². The summed E-state index contributed by atoms with van der Waals surface area (Å²) in [6.07, 6.45) is -4.89. The third-order valence-electron chi connectivity index (χ3n) is 2.29. The molecule has 2 N–H and O–H groups in total. The third kappa shape index (κ3) is 5.41. The Bertz CT molecular complexity index is 379. The second kappa shape index (κ2) is 5.73. The topological polar surface area (TPSA) is 29.3 Å². The number of nitrogens with zero attached hydrogens (tertiary/aromatic N) is 1. The van der Waals surface area contributed by atoms with Crippen molar-refractivity contribution in [2.45, 2.75) is 19.1 Å². The molecule has 0 unspecified atom stereocenters. The van der Waals surface area contributed by atoms with Crippen LogP contribution in [0.4, 0.5) is 18.9 Å². The van der Waals surface area contributed by atoms with Gasteiger partial charge < -0.3 is 10.6 Å². The first-order chi connectivity index (χ1) is 7.78. The Morgan fingerprint density at radius 3 is 2.53 bits per heavy atom. The molecule has 96 valence electrons. The van der Waals surface area contributed by atoms with Crippen LogP contribution in [0.5, 0.6) is 0 Å². The first kappa shape index (κ1) is 14.3. The van der Waals surface area contributed by atoms with Crippen LogP contribution in [0.15, 0.2) is 22.7 Å². The van der Waals surface area contributed by atoms with Gasteiger partial charge in [-0.15, -0.1) is 0 Å². The summed E-state index contributed by atoms with van der Waals surface area (Å²) in [6, 6.07) is 5.36. The first-order valence-corrected chi connectivity index (χ1v) is 5.86. The molecule has 2 nitrogen and oxygen atoms in total. The average Bonchev–Trinajstić information content (AvgIpc) is 2.20. The Balaban J connectivity index is 2.50. The van der Waals surface area contributed by atoms with E-state index in [0.717, 1.165) is 10.0 Å². The van der Waals surface area contributed by atoms with Crippen LogP contribution in [0.25, 0.3) is 0 Å². The van der Waals surface area contributed by atoms with E-state index < -0.39 is 12.6 Å². The van der Waals surface area contributed by atoms with Crippen molar-refractivity contribution in [2.24, 2.45) is 0 Å². The van der Waals surface area contributed by atoms with E-state index in [-0.39, 0.29) is 6.54 Å². The first-order valence-electron chi connectivity index (χ1n) is 5.07. The molecule has 0 aliphatic carbocycles. The quantitative estimate of drug-likeness (QED) is 0.864. The predicted molar refractivity (Wildman–Crippen MR) is 65.6 cm³/mol. The van der Waals surface area contributed by atoms with Crippen molar-refractivity contribution in [1.82, 2.24) is 4.90 Å². The van der Waals surface area contributed by atoms with E-state index in [1.165, 1.54) is 0 Å². The molecule has 0 saturated carbocycles. The van der Waals surface area contributed by atoms with Crippen molar-refractivity contribution in [3.05, 3.63) is 28.2 Å². The summed E-state index contributed by atoms with van der Waals surface area (Å²) in [5, 5.41) is 0. The summed E-state index contributed by atoms with van der Waals surface area (Å²) in [4.78, 5) is 1.63. The Labute approximate surface area is 107 Å². The molecule has 0 saturated heterocycles. The molecule has 0 bridgehead atoms. The van der Waals surface area contributed by atoms with Crippen molar-refractivity contribution in [2.75, 3.05) is 19.3 Å². The molecule has 1 aromatic rings. The molecular formula is C11H14BrF3N2. The average molecular weight is 311 g/mol. The SMILES string of the molecule is CN(CCC(F)(F)F)Cc1ccc(N)c(Br)c1. The second-order valence-electron chi connectivity index (χ2n) is 3.96. The molecule has 0 aliphatic rings. The van der Waals surface area contributed by atoms with E-state index in [0.29, 0.717) is 12.2 Å². The van der Waals surface area contributed by atoms with Crippen LogP contribution in [0.2, 0.25) is 0 Å². The Kier molecular flexibility index (Phi) is 4.82. The van der Waals surface area contributed by atoms with Crippen LogP contribution in [0.3, 0.4) is 0 Å². The van der Waals surface area contributed by atoms with E-state index in [4.69, 9.17) is 5.73 Å². The van der Waals surface area contributed by atoms with Gasteiger partial charge in [0.15, 0.2) is 0 Å². The van der Waals surface area contributed by atoms with Crippen LogP contribution in [-0.2, 0) is 6.54 Å². The minimum atomic E-state index is -4.10. The lowest BCUT2D eigenvalue weighted by molar-refractivity contribution is -0.137. The lowest BCUT2D eigenvalue weighted by Gasteiger charge is -2.18. The predicted octanol–water partition coefficient (Wildman–Crippen LogP) is 3.42. The van der Waals surface area contributed by atoms with Gasteiger partial charge in [0.1, 0.15) is 0 Å².